The molecule has 0 aliphatic rings. The van der Waals surface area contributed by atoms with E-state index in [2.05, 4.69) is 14.9 Å². The van der Waals surface area contributed by atoms with Gasteiger partial charge >= 0.3 is 0 Å². The van der Waals surface area contributed by atoms with Crippen molar-refractivity contribution in [2.45, 2.75) is 5.92 Å². The summed E-state index contributed by atoms with van der Waals surface area (Å²) in [5, 5.41) is 9.02. The molecular formula is C15H19N3O. The largest absolute Gasteiger partial charge is 0.395 e. The molecule has 0 unspecified atom stereocenters. The van der Waals surface area contributed by atoms with Gasteiger partial charge in [0.2, 0.25) is 0 Å². The summed E-state index contributed by atoms with van der Waals surface area (Å²) in [6, 6.07) is 11.8. The first-order valence-electron chi connectivity index (χ1n) is 6.42. The van der Waals surface area contributed by atoms with Gasteiger partial charge in [-0.3, -0.25) is 9.97 Å². The molecule has 0 aliphatic heterocycles. The lowest BCUT2D eigenvalue weighted by atomic mass is 9.99. The third-order valence-corrected chi connectivity index (χ3v) is 3.07. The van der Waals surface area contributed by atoms with E-state index < -0.39 is 0 Å². The zero-order valence-corrected chi connectivity index (χ0v) is 11.1. The maximum atomic E-state index is 9.02. The van der Waals surface area contributed by atoms with Crippen molar-refractivity contribution in [2.24, 2.45) is 0 Å². The summed E-state index contributed by atoms with van der Waals surface area (Å²) >= 11 is 0. The van der Waals surface area contributed by atoms with Crippen LogP contribution in [0, 0.1) is 0 Å². The monoisotopic (exact) mass is 257 g/mol. The lowest BCUT2D eigenvalue weighted by molar-refractivity contribution is 0.217. The van der Waals surface area contributed by atoms with E-state index in [4.69, 9.17) is 5.11 Å². The molecule has 4 nitrogen and oxygen atoms in total. The van der Waals surface area contributed by atoms with Crippen molar-refractivity contribution in [3.63, 3.8) is 0 Å². The Bertz CT molecular complexity index is 436. The molecule has 1 N–H and O–H groups in total. The van der Waals surface area contributed by atoms with Crippen molar-refractivity contribution in [3.05, 3.63) is 60.2 Å². The van der Waals surface area contributed by atoms with Crippen LogP contribution >= 0.6 is 0 Å². The Morgan fingerprint density at radius 1 is 1.05 bits per heavy atom. The quantitative estimate of drug-likeness (QED) is 0.852. The van der Waals surface area contributed by atoms with Crippen molar-refractivity contribution < 1.29 is 5.11 Å². The van der Waals surface area contributed by atoms with Crippen LogP contribution in [0.15, 0.2) is 48.8 Å². The minimum absolute atomic E-state index is 0.124. The third kappa shape index (κ3) is 3.84. The van der Waals surface area contributed by atoms with Gasteiger partial charge < -0.3 is 10.0 Å². The Hall–Kier alpha value is -1.78. The van der Waals surface area contributed by atoms with E-state index in [1.807, 2.05) is 43.4 Å². The van der Waals surface area contributed by atoms with E-state index in [0.29, 0.717) is 6.54 Å². The van der Waals surface area contributed by atoms with Crippen LogP contribution in [0.2, 0.25) is 0 Å². The van der Waals surface area contributed by atoms with Crippen LogP contribution in [0.1, 0.15) is 17.3 Å². The maximum Gasteiger partial charge on any atom is 0.0563 e. The predicted molar refractivity (Wildman–Crippen MR) is 74.9 cm³/mol. The van der Waals surface area contributed by atoms with Gasteiger partial charge in [0, 0.05) is 25.5 Å². The number of nitrogens with zero attached hydrogens (tertiary/aromatic N) is 3. The number of hydrogen-bond acceptors (Lipinski definition) is 4. The fourth-order valence-electron chi connectivity index (χ4n) is 2.08. The van der Waals surface area contributed by atoms with Crippen LogP contribution in [-0.4, -0.2) is 46.7 Å². The lowest BCUT2D eigenvalue weighted by Gasteiger charge is -2.22. The number of aliphatic hydroxyl groups excluding tert-OH is 1. The summed E-state index contributed by atoms with van der Waals surface area (Å²) in [5.74, 6) is 0.124. The zero-order chi connectivity index (χ0) is 13.5. The molecule has 0 amide bonds. The van der Waals surface area contributed by atoms with Crippen LogP contribution in [-0.2, 0) is 0 Å². The molecule has 0 saturated carbocycles. The first kappa shape index (κ1) is 13.6. The molecule has 2 rings (SSSR count). The summed E-state index contributed by atoms with van der Waals surface area (Å²) in [4.78, 5) is 11.0. The van der Waals surface area contributed by atoms with E-state index in [1.54, 1.807) is 12.4 Å². The highest BCUT2D eigenvalue weighted by atomic mass is 16.3. The summed E-state index contributed by atoms with van der Waals surface area (Å²) in [7, 11) is 2.00. The average molecular weight is 257 g/mol. The van der Waals surface area contributed by atoms with Gasteiger partial charge in [0.25, 0.3) is 0 Å². The van der Waals surface area contributed by atoms with Crippen molar-refractivity contribution in [1.82, 2.24) is 14.9 Å². The van der Waals surface area contributed by atoms with Crippen molar-refractivity contribution in [2.75, 3.05) is 26.7 Å². The molecule has 0 spiro atoms. The number of likely N-dealkylation sites (N-methyl/N-ethyl adjacent to an activating group) is 1. The molecule has 0 atom stereocenters. The SMILES string of the molecule is CN(CCO)CC(c1ccccn1)c1ccccn1. The van der Waals surface area contributed by atoms with E-state index in [1.165, 1.54) is 0 Å². The van der Waals surface area contributed by atoms with Crippen molar-refractivity contribution in [1.29, 1.82) is 0 Å². The zero-order valence-electron chi connectivity index (χ0n) is 11.1. The van der Waals surface area contributed by atoms with Gasteiger partial charge in [-0.2, -0.15) is 0 Å². The Labute approximate surface area is 113 Å². The second kappa shape index (κ2) is 6.97. The highest BCUT2D eigenvalue weighted by Crippen LogP contribution is 2.21. The van der Waals surface area contributed by atoms with Gasteiger partial charge in [0.1, 0.15) is 0 Å². The number of rotatable bonds is 6. The van der Waals surface area contributed by atoms with Gasteiger partial charge in [-0.1, -0.05) is 12.1 Å². The predicted octanol–water partition coefficient (Wildman–Crippen LogP) is 1.53. The van der Waals surface area contributed by atoms with Gasteiger partial charge in [0.15, 0.2) is 0 Å². The lowest BCUT2D eigenvalue weighted by Crippen LogP contribution is -2.28. The van der Waals surface area contributed by atoms with Gasteiger partial charge in [0.05, 0.1) is 23.9 Å². The molecule has 0 saturated heterocycles. The summed E-state index contributed by atoms with van der Waals surface area (Å²) in [6.07, 6.45) is 3.61. The van der Waals surface area contributed by atoms with Crippen LogP contribution in [0.5, 0.6) is 0 Å². The number of aliphatic hydroxyl groups is 1. The van der Waals surface area contributed by atoms with Crippen LogP contribution < -0.4 is 0 Å². The van der Waals surface area contributed by atoms with Crippen molar-refractivity contribution >= 4 is 0 Å². The minimum Gasteiger partial charge on any atom is -0.395 e. The topological polar surface area (TPSA) is 49.2 Å². The van der Waals surface area contributed by atoms with E-state index >= 15 is 0 Å². The summed E-state index contributed by atoms with van der Waals surface area (Å²) in [5.41, 5.74) is 2.01. The fraction of sp³-hybridized carbons (Fsp3) is 0.333. The number of aromatic nitrogens is 2. The molecule has 0 radical (unpaired) electrons. The number of hydrogen-bond donors (Lipinski definition) is 1. The van der Waals surface area contributed by atoms with Gasteiger partial charge in [-0.05, 0) is 31.3 Å². The first-order chi connectivity index (χ1) is 9.31. The van der Waals surface area contributed by atoms with Crippen molar-refractivity contribution in [3.8, 4) is 0 Å². The summed E-state index contributed by atoms with van der Waals surface area (Å²) in [6.45, 7) is 1.60. The summed E-state index contributed by atoms with van der Waals surface area (Å²) < 4.78 is 0. The molecule has 100 valence electrons. The molecule has 2 aromatic rings. The molecule has 19 heavy (non-hydrogen) atoms. The van der Waals surface area contributed by atoms with Crippen LogP contribution in [0.3, 0.4) is 0 Å². The van der Waals surface area contributed by atoms with Gasteiger partial charge in [-0.25, -0.2) is 0 Å². The Morgan fingerprint density at radius 2 is 1.63 bits per heavy atom. The number of pyridine rings is 2. The maximum absolute atomic E-state index is 9.02. The molecule has 4 heteroatoms. The molecule has 0 fully saturated rings. The molecule has 0 bridgehead atoms. The fourth-order valence-corrected chi connectivity index (χ4v) is 2.08. The average Bonchev–Trinajstić information content (AvgIpc) is 2.47. The smallest absolute Gasteiger partial charge is 0.0563 e. The minimum atomic E-state index is 0.124. The molecule has 2 heterocycles. The molecule has 0 aromatic carbocycles. The second-order valence-electron chi connectivity index (χ2n) is 4.55. The van der Waals surface area contributed by atoms with Gasteiger partial charge in [-0.15, -0.1) is 0 Å². The Morgan fingerprint density at radius 3 is 2.05 bits per heavy atom. The third-order valence-electron chi connectivity index (χ3n) is 3.07. The van der Waals surface area contributed by atoms with E-state index in [9.17, 15) is 0 Å². The second-order valence-corrected chi connectivity index (χ2v) is 4.55. The standard InChI is InChI=1S/C15H19N3O/c1-18(10-11-19)12-13(14-6-2-4-8-16-14)15-7-3-5-9-17-15/h2-9,13,19H,10-12H2,1H3. The Balaban J connectivity index is 2.24. The molecule has 0 aliphatic carbocycles. The highest BCUT2D eigenvalue weighted by molar-refractivity contribution is 5.23. The molecule has 2 aromatic heterocycles. The van der Waals surface area contributed by atoms with E-state index in [-0.39, 0.29) is 12.5 Å². The first-order valence-corrected chi connectivity index (χ1v) is 6.42. The van der Waals surface area contributed by atoms with E-state index in [0.717, 1.165) is 17.9 Å². The van der Waals surface area contributed by atoms with Crippen LogP contribution in [0.25, 0.3) is 0 Å². The highest BCUT2D eigenvalue weighted by Gasteiger charge is 2.18. The molecular weight excluding hydrogens is 238 g/mol. The normalized spacial score (nSPS) is 11.2. The van der Waals surface area contributed by atoms with Crippen LogP contribution in [0.4, 0.5) is 0 Å². The Kier molecular flexibility index (Phi) is 5.01.